The number of halogens is 1. The SMILES string of the molecule is Cn1cc2c(CC(=O)N=C(N)N)c(Cl)ccc2n1. The number of benzene rings is 1. The van der Waals surface area contributed by atoms with Crippen LogP contribution in [0.15, 0.2) is 23.3 Å². The van der Waals surface area contributed by atoms with E-state index in [1.807, 2.05) is 0 Å². The number of amides is 1. The van der Waals surface area contributed by atoms with Crippen molar-refractivity contribution in [1.29, 1.82) is 0 Å². The number of aliphatic imine (C=N–C) groups is 1. The molecule has 94 valence electrons. The van der Waals surface area contributed by atoms with Crippen molar-refractivity contribution in [3.05, 3.63) is 28.9 Å². The van der Waals surface area contributed by atoms with Crippen LogP contribution in [0.5, 0.6) is 0 Å². The lowest BCUT2D eigenvalue weighted by molar-refractivity contribution is -0.117. The van der Waals surface area contributed by atoms with Gasteiger partial charge in [0.05, 0.1) is 11.9 Å². The number of aryl methyl sites for hydroxylation is 1. The van der Waals surface area contributed by atoms with Gasteiger partial charge in [-0.2, -0.15) is 10.1 Å². The molecule has 1 aromatic heterocycles. The fourth-order valence-electron chi connectivity index (χ4n) is 1.76. The van der Waals surface area contributed by atoms with E-state index in [0.29, 0.717) is 10.6 Å². The molecule has 0 saturated carbocycles. The zero-order valence-corrected chi connectivity index (χ0v) is 10.5. The number of carbonyl (C=O) groups is 1. The molecule has 6 nitrogen and oxygen atoms in total. The lowest BCUT2D eigenvalue weighted by Crippen LogP contribution is -2.24. The van der Waals surface area contributed by atoms with Crippen LogP contribution in [0.4, 0.5) is 0 Å². The standard InChI is InChI=1S/C11H12ClN5O/c1-17-5-7-6(4-10(18)15-11(13)14)8(12)2-3-9(7)16-17/h2-3,5H,4H2,1H3,(H4,13,14,15,18). The second kappa shape index (κ2) is 4.66. The summed E-state index contributed by atoms with van der Waals surface area (Å²) in [5, 5.41) is 5.56. The molecule has 0 aliphatic carbocycles. The number of aromatic nitrogens is 2. The molecule has 0 atom stereocenters. The van der Waals surface area contributed by atoms with Crippen molar-refractivity contribution in [1.82, 2.24) is 9.78 Å². The molecule has 0 unspecified atom stereocenters. The second-order valence-corrected chi connectivity index (χ2v) is 4.28. The minimum atomic E-state index is -0.437. The Kier molecular flexibility index (Phi) is 3.20. The molecular weight excluding hydrogens is 254 g/mol. The Hall–Kier alpha value is -2.08. The van der Waals surface area contributed by atoms with Crippen molar-refractivity contribution in [3.63, 3.8) is 0 Å². The summed E-state index contributed by atoms with van der Waals surface area (Å²) in [6.45, 7) is 0. The van der Waals surface area contributed by atoms with Crippen LogP contribution in [-0.2, 0) is 18.3 Å². The maximum Gasteiger partial charge on any atom is 0.253 e. The monoisotopic (exact) mass is 265 g/mol. The van der Waals surface area contributed by atoms with Gasteiger partial charge in [-0.3, -0.25) is 9.48 Å². The molecule has 0 radical (unpaired) electrons. The van der Waals surface area contributed by atoms with Gasteiger partial charge in [-0.05, 0) is 17.7 Å². The van der Waals surface area contributed by atoms with E-state index in [4.69, 9.17) is 23.1 Å². The number of nitrogens with zero attached hydrogens (tertiary/aromatic N) is 3. The summed E-state index contributed by atoms with van der Waals surface area (Å²) >= 11 is 6.09. The van der Waals surface area contributed by atoms with Gasteiger partial charge in [0, 0.05) is 23.7 Å². The summed E-state index contributed by atoms with van der Waals surface area (Å²) in [7, 11) is 1.80. The van der Waals surface area contributed by atoms with E-state index in [-0.39, 0.29) is 12.4 Å². The number of nitrogens with two attached hydrogens (primary N) is 2. The van der Waals surface area contributed by atoms with Crippen LogP contribution in [0.25, 0.3) is 10.9 Å². The Balaban J connectivity index is 2.46. The van der Waals surface area contributed by atoms with Gasteiger partial charge >= 0.3 is 0 Å². The summed E-state index contributed by atoms with van der Waals surface area (Å²) in [5.74, 6) is -0.692. The highest BCUT2D eigenvalue weighted by molar-refractivity contribution is 6.32. The van der Waals surface area contributed by atoms with Crippen LogP contribution >= 0.6 is 11.6 Å². The second-order valence-electron chi connectivity index (χ2n) is 3.87. The van der Waals surface area contributed by atoms with Gasteiger partial charge in [0.1, 0.15) is 0 Å². The van der Waals surface area contributed by atoms with Crippen molar-refractivity contribution in [3.8, 4) is 0 Å². The number of fused-ring (bicyclic) bond motifs is 1. The van der Waals surface area contributed by atoms with Crippen LogP contribution in [0.3, 0.4) is 0 Å². The minimum absolute atomic E-state index is 0.0414. The van der Waals surface area contributed by atoms with E-state index in [1.165, 1.54) is 0 Å². The zero-order chi connectivity index (χ0) is 13.3. The first-order valence-electron chi connectivity index (χ1n) is 5.20. The smallest absolute Gasteiger partial charge is 0.253 e. The molecule has 0 aliphatic rings. The molecule has 4 N–H and O–H groups in total. The van der Waals surface area contributed by atoms with E-state index in [0.717, 1.165) is 10.9 Å². The number of rotatable bonds is 2. The zero-order valence-electron chi connectivity index (χ0n) is 9.72. The van der Waals surface area contributed by atoms with E-state index >= 15 is 0 Å². The normalized spacial score (nSPS) is 10.6. The summed E-state index contributed by atoms with van der Waals surface area (Å²) in [6.07, 6.45) is 1.85. The van der Waals surface area contributed by atoms with Gasteiger partial charge in [0.15, 0.2) is 5.96 Å². The Bertz CT molecular complexity index is 642. The van der Waals surface area contributed by atoms with Gasteiger partial charge in [0.2, 0.25) is 0 Å². The maximum absolute atomic E-state index is 11.6. The molecule has 0 aliphatic heterocycles. The molecule has 2 rings (SSSR count). The van der Waals surface area contributed by atoms with Crippen molar-refractivity contribution in [2.45, 2.75) is 6.42 Å². The quantitative estimate of drug-likeness (QED) is 0.612. The Morgan fingerprint density at radius 3 is 2.89 bits per heavy atom. The first kappa shape index (κ1) is 12.4. The molecule has 0 bridgehead atoms. The van der Waals surface area contributed by atoms with Crippen LogP contribution in [0.2, 0.25) is 5.02 Å². The molecule has 1 heterocycles. The highest BCUT2D eigenvalue weighted by Crippen LogP contribution is 2.26. The summed E-state index contributed by atoms with van der Waals surface area (Å²) in [6, 6.07) is 3.50. The van der Waals surface area contributed by atoms with Crippen LogP contribution < -0.4 is 11.5 Å². The Labute approximate surface area is 108 Å². The summed E-state index contributed by atoms with van der Waals surface area (Å²) in [5.41, 5.74) is 11.8. The van der Waals surface area contributed by atoms with Gasteiger partial charge < -0.3 is 11.5 Å². The lowest BCUT2D eigenvalue weighted by Gasteiger charge is -2.02. The molecule has 0 fully saturated rings. The minimum Gasteiger partial charge on any atom is -0.370 e. The van der Waals surface area contributed by atoms with Gasteiger partial charge in [0.25, 0.3) is 5.91 Å². The molecule has 0 saturated heterocycles. The van der Waals surface area contributed by atoms with Gasteiger partial charge in [-0.1, -0.05) is 11.6 Å². The fraction of sp³-hybridized carbons (Fsp3) is 0.182. The highest BCUT2D eigenvalue weighted by Gasteiger charge is 2.12. The van der Waals surface area contributed by atoms with E-state index in [2.05, 4.69) is 10.1 Å². The topological polar surface area (TPSA) is 99.3 Å². The summed E-state index contributed by atoms with van der Waals surface area (Å²) < 4.78 is 1.66. The van der Waals surface area contributed by atoms with Crippen molar-refractivity contribution < 1.29 is 4.79 Å². The summed E-state index contributed by atoms with van der Waals surface area (Å²) in [4.78, 5) is 15.1. The average molecular weight is 266 g/mol. The number of guanidine groups is 1. The van der Waals surface area contributed by atoms with Crippen LogP contribution in [0.1, 0.15) is 5.56 Å². The van der Waals surface area contributed by atoms with E-state index in [9.17, 15) is 4.79 Å². The molecule has 1 aromatic carbocycles. The first-order valence-corrected chi connectivity index (χ1v) is 5.58. The van der Waals surface area contributed by atoms with Crippen molar-refractivity contribution in [2.75, 3.05) is 0 Å². The van der Waals surface area contributed by atoms with E-state index < -0.39 is 5.91 Å². The lowest BCUT2D eigenvalue weighted by atomic mass is 10.1. The number of carbonyl (C=O) groups excluding carboxylic acids is 1. The van der Waals surface area contributed by atoms with Crippen LogP contribution in [0, 0.1) is 0 Å². The number of hydrogen-bond donors (Lipinski definition) is 2. The third-order valence-electron chi connectivity index (χ3n) is 2.44. The number of hydrogen-bond acceptors (Lipinski definition) is 2. The van der Waals surface area contributed by atoms with E-state index in [1.54, 1.807) is 30.1 Å². The molecule has 2 aromatic rings. The third-order valence-corrected chi connectivity index (χ3v) is 2.79. The van der Waals surface area contributed by atoms with Gasteiger partial charge in [-0.15, -0.1) is 0 Å². The molecule has 1 amide bonds. The Morgan fingerprint density at radius 2 is 2.22 bits per heavy atom. The Morgan fingerprint density at radius 1 is 1.50 bits per heavy atom. The van der Waals surface area contributed by atoms with Crippen LogP contribution in [-0.4, -0.2) is 21.6 Å². The van der Waals surface area contributed by atoms with Crippen molar-refractivity contribution >= 4 is 34.4 Å². The molecule has 0 spiro atoms. The molecule has 18 heavy (non-hydrogen) atoms. The first-order chi connectivity index (χ1) is 8.47. The average Bonchev–Trinajstić information content (AvgIpc) is 2.62. The maximum atomic E-state index is 11.6. The largest absolute Gasteiger partial charge is 0.370 e. The van der Waals surface area contributed by atoms with Gasteiger partial charge in [-0.25, -0.2) is 0 Å². The molecule has 7 heteroatoms. The highest BCUT2D eigenvalue weighted by atomic mass is 35.5. The predicted molar refractivity (Wildman–Crippen MR) is 70.2 cm³/mol. The predicted octanol–water partition coefficient (Wildman–Crippen LogP) is 0.569. The fourth-order valence-corrected chi connectivity index (χ4v) is 1.99. The third kappa shape index (κ3) is 2.43. The van der Waals surface area contributed by atoms with Crippen molar-refractivity contribution in [2.24, 2.45) is 23.5 Å². The molecular formula is C11H12ClN5O.